The Kier molecular flexibility index (Phi) is 3.09. The number of carbonyl (C=O) groups is 1. The first kappa shape index (κ1) is 12.3. The number of ether oxygens (including phenoxy) is 1. The number of nitrogens with zero attached hydrogens (tertiary/aromatic N) is 5. The van der Waals surface area contributed by atoms with Crippen molar-refractivity contribution in [3.05, 3.63) is 27.6 Å². The normalized spacial score (nSPS) is 14.2. The van der Waals surface area contributed by atoms with E-state index in [2.05, 4.69) is 38.0 Å². The van der Waals surface area contributed by atoms with Crippen LogP contribution in [0.1, 0.15) is 5.82 Å². The van der Waals surface area contributed by atoms with Crippen molar-refractivity contribution in [3.8, 4) is 5.75 Å². The molecule has 1 aliphatic rings. The molecule has 0 spiro atoms. The molecule has 2 heterocycles. The van der Waals surface area contributed by atoms with Gasteiger partial charge in [0, 0.05) is 3.57 Å². The van der Waals surface area contributed by atoms with Crippen LogP contribution in [0.4, 0.5) is 5.69 Å². The highest BCUT2D eigenvalue weighted by atomic mass is 127. The minimum absolute atomic E-state index is 0.0351. The summed E-state index contributed by atoms with van der Waals surface area (Å²) >= 11 is 2.20. The van der Waals surface area contributed by atoms with E-state index < -0.39 is 0 Å². The fourth-order valence-electron chi connectivity index (χ4n) is 1.88. The number of anilines is 1. The van der Waals surface area contributed by atoms with E-state index in [0.29, 0.717) is 18.1 Å². The third-order valence-electron chi connectivity index (χ3n) is 2.71. The molecule has 19 heavy (non-hydrogen) atoms. The Balaban J connectivity index is 1.94. The first-order valence-electron chi connectivity index (χ1n) is 5.59. The molecule has 7 nitrogen and oxygen atoms in total. The maximum atomic E-state index is 12.0. The second kappa shape index (κ2) is 4.76. The lowest BCUT2D eigenvalue weighted by molar-refractivity contribution is -0.121. The molecule has 0 aliphatic carbocycles. The number of benzene rings is 1. The van der Waals surface area contributed by atoms with Crippen LogP contribution in [-0.2, 0) is 18.4 Å². The summed E-state index contributed by atoms with van der Waals surface area (Å²) in [4.78, 5) is 15.0. The molecule has 0 fully saturated rings. The summed E-state index contributed by atoms with van der Waals surface area (Å²) in [6, 6.07) is 5.70. The Morgan fingerprint density at radius 2 is 2.32 bits per heavy atom. The number of rotatable bonds is 2. The number of aryl methyl sites for hydroxylation is 1. The monoisotopic (exact) mass is 371 g/mol. The van der Waals surface area contributed by atoms with E-state index in [1.54, 1.807) is 11.9 Å². The number of carbonyl (C=O) groups excluding carboxylic acids is 1. The molecule has 2 aromatic rings. The van der Waals surface area contributed by atoms with Gasteiger partial charge in [0.15, 0.2) is 12.4 Å². The molecule has 98 valence electrons. The highest BCUT2D eigenvalue weighted by Crippen LogP contribution is 2.33. The molecular weight excluding hydrogens is 361 g/mol. The summed E-state index contributed by atoms with van der Waals surface area (Å²) in [5.74, 6) is 1.10. The highest BCUT2D eigenvalue weighted by molar-refractivity contribution is 14.1. The summed E-state index contributed by atoms with van der Waals surface area (Å²) in [6.07, 6.45) is 0. The second-order valence-corrected chi connectivity index (χ2v) is 5.32. The molecule has 0 saturated carbocycles. The zero-order chi connectivity index (χ0) is 13.4. The van der Waals surface area contributed by atoms with Crippen molar-refractivity contribution in [1.82, 2.24) is 20.2 Å². The van der Waals surface area contributed by atoms with E-state index in [4.69, 9.17) is 4.74 Å². The van der Waals surface area contributed by atoms with Crippen LogP contribution < -0.4 is 9.64 Å². The predicted molar refractivity (Wildman–Crippen MR) is 74.6 cm³/mol. The van der Waals surface area contributed by atoms with Gasteiger partial charge in [0.05, 0.1) is 19.3 Å². The Morgan fingerprint density at radius 1 is 1.47 bits per heavy atom. The van der Waals surface area contributed by atoms with Crippen LogP contribution >= 0.6 is 22.6 Å². The van der Waals surface area contributed by atoms with Crippen molar-refractivity contribution < 1.29 is 9.53 Å². The van der Waals surface area contributed by atoms with Gasteiger partial charge in [-0.1, -0.05) is 0 Å². The fourth-order valence-corrected chi connectivity index (χ4v) is 2.34. The van der Waals surface area contributed by atoms with Gasteiger partial charge in [0.1, 0.15) is 5.75 Å². The van der Waals surface area contributed by atoms with Crippen LogP contribution in [0.5, 0.6) is 5.75 Å². The molecule has 1 amide bonds. The van der Waals surface area contributed by atoms with Crippen molar-refractivity contribution >= 4 is 34.2 Å². The Labute approximate surface area is 122 Å². The lowest BCUT2D eigenvalue weighted by Gasteiger charge is -2.28. The molecule has 1 aromatic carbocycles. The third-order valence-corrected chi connectivity index (χ3v) is 3.39. The molecule has 1 aliphatic heterocycles. The van der Waals surface area contributed by atoms with Crippen LogP contribution in [0.2, 0.25) is 0 Å². The SMILES string of the molecule is Cn1nnc(CN2C(=O)COc3cc(I)ccc32)n1. The zero-order valence-corrected chi connectivity index (χ0v) is 12.2. The number of fused-ring (bicyclic) bond motifs is 1. The number of hydrogen-bond donors (Lipinski definition) is 0. The Hall–Kier alpha value is -1.71. The van der Waals surface area contributed by atoms with Gasteiger partial charge >= 0.3 is 0 Å². The number of tetrazole rings is 1. The van der Waals surface area contributed by atoms with Gasteiger partial charge in [-0.2, -0.15) is 4.80 Å². The topological polar surface area (TPSA) is 73.1 Å². The number of halogens is 1. The Bertz CT molecular complexity index is 642. The van der Waals surface area contributed by atoms with E-state index in [-0.39, 0.29) is 12.5 Å². The summed E-state index contributed by atoms with van der Waals surface area (Å²) in [5, 5.41) is 11.8. The van der Waals surface area contributed by atoms with Gasteiger partial charge in [0.2, 0.25) is 0 Å². The van der Waals surface area contributed by atoms with Crippen molar-refractivity contribution in [2.75, 3.05) is 11.5 Å². The minimum atomic E-state index is -0.110. The van der Waals surface area contributed by atoms with Gasteiger partial charge in [-0.25, -0.2) is 0 Å². The van der Waals surface area contributed by atoms with Gasteiger partial charge in [-0.05, 0) is 46.0 Å². The standard InChI is InChI=1S/C11H10IN5O2/c1-16-14-10(13-15-16)5-17-8-3-2-7(12)4-9(8)19-6-11(17)18/h2-4H,5-6H2,1H3. The summed E-state index contributed by atoms with van der Waals surface area (Å²) in [5.41, 5.74) is 0.740. The van der Waals surface area contributed by atoms with E-state index in [9.17, 15) is 4.79 Å². The first-order valence-corrected chi connectivity index (χ1v) is 6.67. The summed E-state index contributed by atoms with van der Waals surface area (Å²) < 4.78 is 6.49. The lowest BCUT2D eigenvalue weighted by Crippen LogP contribution is -2.38. The van der Waals surface area contributed by atoms with Crippen LogP contribution in [0.3, 0.4) is 0 Å². The van der Waals surface area contributed by atoms with Crippen LogP contribution in [0.25, 0.3) is 0 Å². The van der Waals surface area contributed by atoms with E-state index in [1.807, 2.05) is 18.2 Å². The predicted octanol–water partition coefficient (Wildman–Crippen LogP) is 0.740. The van der Waals surface area contributed by atoms with E-state index in [0.717, 1.165) is 9.26 Å². The molecule has 0 radical (unpaired) electrons. The highest BCUT2D eigenvalue weighted by Gasteiger charge is 2.26. The molecule has 0 bridgehead atoms. The Morgan fingerprint density at radius 3 is 3.05 bits per heavy atom. The molecule has 3 rings (SSSR count). The van der Waals surface area contributed by atoms with Crippen LogP contribution in [-0.4, -0.2) is 32.7 Å². The fraction of sp³-hybridized carbons (Fsp3) is 0.273. The molecule has 0 N–H and O–H groups in total. The quantitative estimate of drug-likeness (QED) is 0.729. The van der Waals surface area contributed by atoms with Gasteiger partial charge < -0.3 is 4.74 Å². The van der Waals surface area contributed by atoms with Gasteiger partial charge in [-0.3, -0.25) is 9.69 Å². The number of aromatic nitrogens is 4. The maximum absolute atomic E-state index is 12.0. The van der Waals surface area contributed by atoms with Crippen LogP contribution in [0.15, 0.2) is 18.2 Å². The second-order valence-electron chi connectivity index (χ2n) is 4.08. The van der Waals surface area contributed by atoms with Crippen molar-refractivity contribution in [2.45, 2.75) is 6.54 Å². The molecule has 8 heteroatoms. The van der Waals surface area contributed by atoms with E-state index in [1.165, 1.54) is 4.80 Å². The first-order chi connectivity index (χ1) is 9.13. The van der Waals surface area contributed by atoms with Crippen molar-refractivity contribution in [1.29, 1.82) is 0 Å². The van der Waals surface area contributed by atoms with Crippen molar-refractivity contribution in [3.63, 3.8) is 0 Å². The van der Waals surface area contributed by atoms with Crippen molar-refractivity contribution in [2.24, 2.45) is 7.05 Å². The third kappa shape index (κ3) is 2.39. The maximum Gasteiger partial charge on any atom is 0.265 e. The molecule has 0 saturated heterocycles. The summed E-state index contributed by atoms with van der Waals surface area (Å²) in [6.45, 7) is 0.330. The van der Waals surface area contributed by atoms with Gasteiger partial charge in [-0.15, -0.1) is 10.2 Å². The molecule has 0 unspecified atom stereocenters. The summed E-state index contributed by atoms with van der Waals surface area (Å²) in [7, 11) is 1.69. The largest absolute Gasteiger partial charge is 0.482 e. The average Bonchev–Trinajstić information content (AvgIpc) is 2.78. The van der Waals surface area contributed by atoms with Crippen LogP contribution in [0, 0.1) is 3.57 Å². The number of amides is 1. The smallest absolute Gasteiger partial charge is 0.265 e. The molecule has 0 atom stereocenters. The minimum Gasteiger partial charge on any atom is -0.482 e. The lowest BCUT2D eigenvalue weighted by atomic mass is 10.2. The number of hydrogen-bond acceptors (Lipinski definition) is 5. The molecule has 1 aromatic heterocycles. The molecular formula is C11H10IN5O2. The van der Waals surface area contributed by atoms with Gasteiger partial charge in [0.25, 0.3) is 5.91 Å². The average molecular weight is 371 g/mol. The zero-order valence-electron chi connectivity index (χ0n) is 10.1. The van der Waals surface area contributed by atoms with E-state index >= 15 is 0 Å².